The summed E-state index contributed by atoms with van der Waals surface area (Å²) in [7, 11) is 3.11. The standard InChI is InChI=1S/C15H21F2N3O2/c1-18-15(19-8-10-3-4-10)20-9-11-5-6-12(21-2)13(7-11)22-14(16)17/h5-7,10,14H,3-4,8-9H2,1-2H3,(H2,18,19,20). The van der Waals surface area contributed by atoms with Crippen molar-refractivity contribution in [1.29, 1.82) is 0 Å². The zero-order valence-corrected chi connectivity index (χ0v) is 12.7. The van der Waals surface area contributed by atoms with E-state index in [1.807, 2.05) is 0 Å². The maximum atomic E-state index is 12.4. The molecule has 2 N–H and O–H groups in total. The van der Waals surface area contributed by atoms with Gasteiger partial charge in [0.25, 0.3) is 0 Å². The molecule has 1 aromatic carbocycles. The summed E-state index contributed by atoms with van der Waals surface area (Å²) in [6.45, 7) is -1.53. The number of rotatable bonds is 7. The third-order valence-corrected chi connectivity index (χ3v) is 3.38. The Hall–Kier alpha value is -2.05. The van der Waals surface area contributed by atoms with Gasteiger partial charge in [0.05, 0.1) is 7.11 Å². The molecule has 0 radical (unpaired) electrons. The van der Waals surface area contributed by atoms with Crippen LogP contribution in [0.3, 0.4) is 0 Å². The van der Waals surface area contributed by atoms with Crippen molar-refractivity contribution in [1.82, 2.24) is 10.6 Å². The summed E-state index contributed by atoms with van der Waals surface area (Å²) in [5.74, 6) is 1.74. The Kier molecular flexibility index (Phi) is 5.80. The van der Waals surface area contributed by atoms with E-state index >= 15 is 0 Å². The summed E-state index contributed by atoms with van der Waals surface area (Å²) in [5, 5.41) is 6.38. The Morgan fingerprint density at radius 3 is 2.68 bits per heavy atom. The predicted octanol–water partition coefficient (Wildman–Crippen LogP) is 2.37. The first-order valence-electron chi connectivity index (χ1n) is 7.18. The van der Waals surface area contributed by atoms with Gasteiger partial charge in [-0.05, 0) is 36.5 Å². The monoisotopic (exact) mass is 313 g/mol. The average molecular weight is 313 g/mol. The van der Waals surface area contributed by atoms with Crippen molar-refractivity contribution < 1.29 is 18.3 Å². The topological polar surface area (TPSA) is 54.9 Å². The molecular weight excluding hydrogens is 292 g/mol. The minimum atomic E-state index is -2.88. The minimum absolute atomic E-state index is 0.0257. The first-order valence-corrected chi connectivity index (χ1v) is 7.18. The van der Waals surface area contributed by atoms with Crippen LogP contribution in [-0.2, 0) is 6.54 Å². The third kappa shape index (κ3) is 5.05. The van der Waals surface area contributed by atoms with Gasteiger partial charge in [-0.3, -0.25) is 4.99 Å². The highest BCUT2D eigenvalue weighted by Crippen LogP contribution is 2.29. The molecule has 0 bridgehead atoms. The number of hydrogen-bond donors (Lipinski definition) is 2. The van der Waals surface area contributed by atoms with Crippen molar-refractivity contribution in [3.63, 3.8) is 0 Å². The summed E-state index contributed by atoms with van der Waals surface area (Å²) in [6, 6.07) is 4.93. The van der Waals surface area contributed by atoms with E-state index in [9.17, 15) is 8.78 Å². The first-order chi connectivity index (χ1) is 10.6. The summed E-state index contributed by atoms with van der Waals surface area (Å²) in [5.41, 5.74) is 0.797. The lowest BCUT2D eigenvalue weighted by Gasteiger charge is -2.14. The molecule has 1 aromatic rings. The van der Waals surface area contributed by atoms with Crippen LogP contribution in [-0.4, -0.2) is 33.3 Å². The van der Waals surface area contributed by atoms with Gasteiger partial charge in [0, 0.05) is 20.1 Å². The Morgan fingerprint density at radius 1 is 1.32 bits per heavy atom. The molecule has 1 fully saturated rings. The van der Waals surface area contributed by atoms with Gasteiger partial charge in [0.15, 0.2) is 17.5 Å². The van der Waals surface area contributed by atoms with Crippen LogP contribution in [0.4, 0.5) is 8.78 Å². The molecule has 0 amide bonds. The lowest BCUT2D eigenvalue weighted by Crippen LogP contribution is -2.37. The summed E-state index contributed by atoms with van der Waals surface area (Å²) < 4.78 is 34.3. The molecule has 1 aliphatic carbocycles. The van der Waals surface area contributed by atoms with Gasteiger partial charge < -0.3 is 20.1 Å². The molecule has 1 saturated carbocycles. The second-order valence-corrected chi connectivity index (χ2v) is 5.11. The van der Waals surface area contributed by atoms with Gasteiger partial charge in [-0.25, -0.2) is 0 Å². The van der Waals surface area contributed by atoms with E-state index in [4.69, 9.17) is 4.74 Å². The number of benzene rings is 1. The maximum absolute atomic E-state index is 12.4. The fourth-order valence-corrected chi connectivity index (χ4v) is 1.99. The fraction of sp³-hybridized carbons (Fsp3) is 0.533. The molecule has 1 aliphatic rings. The average Bonchev–Trinajstić information content (AvgIpc) is 3.31. The number of nitrogens with one attached hydrogen (secondary N) is 2. The maximum Gasteiger partial charge on any atom is 0.387 e. The number of hydrogen-bond acceptors (Lipinski definition) is 3. The minimum Gasteiger partial charge on any atom is -0.493 e. The van der Waals surface area contributed by atoms with Crippen molar-refractivity contribution in [3.8, 4) is 11.5 Å². The van der Waals surface area contributed by atoms with E-state index in [2.05, 4.69) is 20.4 Å². The number of nitrogens with zero attached hydrogens (tertiary/aromatic N) is 1. The van der Waals surface area contributed by atoms with Crippen LogP contribution in [0.2, 0.25) is 0 Å². The molecule has 5 nitrogen and oxygen atoms in total. The number of methoxy groups -OCH3 is 1. The molecule has 0 atom stereocenters. The quantitative estimate of drug-likeness (QED) is 0.599. The van der Waals surface area contributed by atoms with E-state index in [0.29, 0.717) is 12.5 Å². The van der Waals surface area contributed by atoms with Gasteiger partial charge in [-0.2, -0.15) is 8.78 Å². The van der Waals surface area contributed by atoms with Crippen molar-refractivity contribution >= 4 is 5.96 Å². The van der Waals surface area contributed by atoms with Gasteiger partial charge in [0.1, 0.15) is 0 Å². The SMILES string of the molecule is CN=C(NCc1ccc(OC)c(OC(F)F)c1)NCC1CC1. The van der Waals surface area contributed by atoms with Crippen molar-refractivity contribution in [2.45, 2.75) is 26.0 Å². The fourth-order valence-electron chi connectivity index (χ4n) is 1.99. The van der Waals surface area contributed by atoms with E-state index in [1.165, 1.54) is 26.0 Å². The Bertz CT molecular complexity index is 520. The van der Waals surface area contributed by atoms with Gasteiger partial charge in [-0.15, -0.1) is 0 Å². The highest BCUT2D eigenvalue weighted by atomic mass is 19.3. The molecule has 0 aliphatic heterocycles. The van der Waals surface area contributed by atoms with Crippen LogP contribution in [0.15, 0.2) is 23.2 Å². The Balaban J connectivity index is 1.93. The zero-order valence-electron chi connectivity index (χ0n) is 12.7. The van der Waals surface area contributed by atoms with Gasteiger partial charge in [0.2, 0.25) is 0 Å². The van der Waals surface area contributed by atoms with Gasteiger partial charge >= 0.3 is 6.61 Å². The van der Waals surface area contributed by atoms with Crippen LogP contribution >= 0.6 is 0 Å². The molecule has 2 rings (SSSR count). The van der Waals surface area contributed by atoms with Crippen molar-refractivity contribution in [3.05, 3.63) is 23.8 Å². The highest BCUT2D eigenvalue weighted by molar-refractivity contribution is 5.79. The number of aliphatic imine (C=N–C) groups is 1. The van der Waals surface area contributed by atoms with Crippen LogP contribution in [0.25, 0.3) is 0 Å². The predicted molar refractivity (Wildman–Crippen MR) is 80.6 cm³/mol. The smallest absolute Gasteiger partial charge is 0.387 e. The van der Waals surface area contributed by atoms with Crippen LogP contribution in [0.1, 0.15) is 18.4 Å². The lowest BCUT2D eigenvalue weighted by atomic mass is 10.2. The molecule has 0 heterocycles. The Morgan fingerprint density at radius 2 is 2.09 bits per heavy atom. The van der Waals surface area contributed by atoms with Crippen LogP contribution in [0, 0.1) is 5.92 Å². The molecule has 7 heteroatoms. The van der Waals surface area contributed by atoms with E-state index in [1.54, 1.807) is 19.2 Å². The molecule has 0 spiro atoms. The van der Waals surface area contributed by atoms with E-state index in [-0.39, 0.29) is 11.5 Å². The van der Waals surface area contributed by atoms with Crippen LogP contribution in [0.5, 0.6) is 11.5 Å². The number of alkyl halides is 2. The van der Waals surface area contributed by atoms with Gasteiger partial charge in [-0.1, -0.05) is 6.07 Å². The van der Waals surface area contributed by atoms with Crippen LogP contribution < -0.4 is 20.1 Å². The first kappa shape index (κ1) is 16.3. The molecular formula is C15H21F2N3O2. The second-order valence-electron chi connectivity index (χ2n) is 5.11. The number of ether oxygens (including phenoxy) is 2. The summed E-state index contributed by atoms with van der Waals surface area (Å²) in [6.07, 6.45) is 2.52. The molecule has 0 saturated heterocycles. The van der Waals surface area contributed by atoms with E-state index < -0.39 is 6.61 Å². The molecule has 122 valence electrons. The van der Waals surface area contributed by atoms with E-state index in [0.717, 1.165) is 18.0 Å². The number of guanidine groups is 1. The Labute approximate surface area is 128 Å². The third-order valence-electron chi connectivity index (χ3n) is 3.38. The summed E-state index contributed by atoms with van der Waals surface area (Å²) >= 11 is 0. The highest BCUT2D eigenvalue weighted by Gasteiger charge is 2.21. The molecule has 22 heavy (non-hydrogen) atoms. The number of halogens is 2. The largest absolute Gasteiger partial charge is 0.493 e. The lowest BCUT2D eigenvalue weighted by molar-refractivity contribution is -0.0512. The zero-order chi connectivity index (χ0) is 15.9. The normalized spacial score (nSPS) is 14.9. The molecule has 0 unspecified atom stereocenters. The second kappa shape index (κ2) is 7.82. The summed E-state index contributed by atoms with van der Waals surface area (Å²) in [4.78, 5) is 4.13. The molecule has 0 aromatic heterocycles. The van der Waals surface area contributed by atoms with Crippen molar-refractivity contribution in [2.24, 2.45) is 10.9 Å². The van der Waals surface area contributed by atoms with Crippen molar-refractivity contribution in [2.75, 3.05) is 20.7 Å².